The van der Waals surface area contributed by atoms with Gasteiger partial charge in [-0.05, 0) is 24.0 Å². The van der Waals surface area contributed by atoms with Crippen molar-refractivity contribution in [2.75, 3.05) is 11.9 Å². The highest BCUT2D eigenvalue weighted by molar-refractivity contribution is 9.10. The molecule has 1 aromatic carbocycles. The van der Waals surface area contributed by atoms with Gasteiger partial charge in [-0.1, -0.05) is 36.7 Å². The van der Waals surface area contributed by atoms with Crippen LogP contribution in [0.5, 0.6) is 0 Å². The smallest absolute Gasteiger partial charge is 0.293 e. The molecule has 0 aliphatic heterocycles. The van der Waals surface area contributed by atoms with Crippen LogP contribution in [-0.4, -0.2) is 17.4 Å². The second kappa shape index (κ2) is 7.00. The molecule has 21 heavy (non-hydrogen) atoms. The molecule has 1 amide bonds. The third kappa shape index (κ3) is 5.43. The SMILES string of the molecule is CC(C)(C)CC(CN)C(=O)Nc1ccc(Br)cc1[N+](=O)[O-]. The third-order valence-corrected chi connectivity index (χ3v) is 3.42. The van der Waals surface area contributed by atoms with Gasteiger partial charge in [-0.2, -0.15) is 0 Å². The fourth-order valence-electron chi connectivity index (χ4n) is 2.02. The molecule has 0 fully saturated rings. The van der Waals surface area contributed by atoms with Gasteiger partial charge in [0, 0.05) is 17.1 Å². The summed E-state index contributed by atoms with van der Waals surface area (Å²) in [4.78, 5) is 22.8. The summed E-state index contributed by atoms with van der Waals surface area (Å²) in [5, 5.41) is 13.6. The molecule has 0 heterocycles. The van der Waals surface area contributed by atoms with Crippen LogP contribution >= 0.6 is 15.9 Å². The maximum atomic E-state index is 12.3. The standard InChI is InChI=1S/C14H20BrN3O3/c1-14(2,3)7-9(8-16)13(19)17-11-5-4-10(15)6-12(11)18(20)21/h4-6,9H,7-8,16H2,1-3H3,(H,17,19). The monoisotopic (exact) mass is 357 g/mol. The van der Waals surface area contributed by atoms with Crippen molar-refractivity contribution in [3.05, 3.63) is 32.8 Å². The average molecular weight is 358 g/mol. The van der Waals surface area contributed by atoms with Gasteiger partial charge < -0.3 is 11.1 Å². The largest absolute Gasteiger partial charge is 0.330 e. The number of nitro groups is 1. The van der Waals surface area contributed by atoms with Crippen molar-refractivity contribution < 1.29 is 9.72 Å². The van der Waals surface area contributed by atoms with E-state index >= 15 is 0 Å². The Morgan fingerprint density at radius 2 is 2.10 bits per heavy atom. The minimum Gasteiger partial charge on any atom is -0.330 e. The first-order valence-electron chi connectivity index (χ1n) is 6.59. The number of benzene rings is 1. The van der Waals surface area contributed by atoms with Gasteiger partial charge in [0.1, 0.15) is 5.69 Å². The second-order valence-electron chi connectivity index (χ2n) is 6.11. The average Bonchev–Trinajstić information content (AvgIpc) is 2.36. The number of carbonyl (C=O) groups excluding carboxylic acids is 1. The lowest BCUT2D eigenvalue weighted by atomic mass is 9.84. The van der Waals surface area contributed by atoms with Gasteiger partial charge in [0.25, 0.3) is 5.69 Å². The van der Waals surface area contributed by atoms with Crippen LogP contribution in [0.15, 0.2) is 22.7 Å². The molecule has 116 valence electrons. The summed E-state index contributed by atoms with van der Waals surface area (Å²) in [5.74, 6) is -0.675. The van der Waals surface area contributed by atoms with Crippen LogP contribution < -0.4 is 11.1 Å². The van der Waals surface area contributed by atoms with Gasteiger partial charge in [0.15, 0.2) is 0 Å². The number of nitro benzene ring substituents is 1. The number of halogens is 1. The van der Waals surface area contributed by atoms with Gasteiger partial charge in [-0.3, -0.25) is 14.9 Å². The van der Waals surface area contributed by atoms with Gasteiger partial charge >= 0.3 is 0 Å². The number of hydrogen-bond acceptors (Lipinski definition) is 4. The molecule has 0 aliphatic carbocycles. The maximum Gasteiger partial charge on any atom is 0.293 e. The molecule has 0 saturated carbocycles. The first kappa shape index (κ1) is 17.6. The van der Waals surface area contributed by atoms with E-state index in [1.807, 2.05) is 20.8 Å². The first-order chi connectivity index (χ1) is 9.64. The summed E-state index contributed by atoms with van der Waals surface area (Å²) < 4.78 is 0.581. The lowest BCUT2D eigenvalue weighted by molar-refractivity contribution is -0.384. The van der Waals surface area contributed by atoms with Gasteiger partial charge in [-0.25, -0.2) is 0 Å². The Hall–Kier alpha value is -1.47. The Balaban J connectivity index is 2.94. The molecule has 0 spiro atoms. The molecular weight excluding hydrogens is 338 g/mol. The molecule has 1 atom stereocenters. The zero-order valence-corrected chi connectivity index (χ0v) is 13.9. The van der Waals surface area contributed by atoms with Crippen molar-refractivity contribution >= 4 is 33.2 Å². The maximum absolute atomic E-state index is 12.3. The van der Waals surface area contributed by atoms with E-state index in [4.69, 9.17) is 5.73 Å². The van der Waals surface area contributed by atoms with Crippen molar-refractivity contribution in [3.63, 3.8) is 0 Å². The predicted molar refractivity (Wildman–Crippen MR) is 86.0 cm³/mol. The molecule has 0 bridgehead atoms. The van der Waals surface area contributed by atoms with E-state index in [2.05, 4.69) is 21.2 Å². The van der Waals surface area contributed by atoms with Gasteiger partial charge in [0.2, 0.25) is 5.91 Å². The summed E-state index contributed by atoms with van der Waals surface area (Å²) >= 11 is 3.18. The van der Waals surface area contributed by atoms with E-state index in [-0.39, 0.29) is 35.2 Å². The second-order valence-corrected chi connectivity index (χ2v) is 7.02. The molecule has 1 aromatic rings. The molecule has 6 nitrogen and oxygen atoms in total. The normalized spacial score (nSPS) is 12.8. The van der Waals surface area contributed by atoms with E-state index in [1.54, 1.807) is 6.07 Å². The van der Waals surface area contributed by atoms with Crippen LogP contribution in [0.25, 0.3) is 0 Å². The van der Waals surface area contributed by atoms with E-state index in [9.17, 15) is 14.9 Å². The number of rotatable bonds is 5. The van der Waals surface area contributed by atoms with E-state index < -0.39 is 4.92 Å². The minimum absolute atomic E-state index is 0.0486. The number of nitrogens with two attached hydrogens (primary N) is 1. The Kier molecular flexibility index (Phi) is 5.86. The van der Waals surface area contributed by atoms with Crippen molar-refractivity contribution in [3.8, 4) is 0 Å². The third-order valence-electron chi connectivity index (χ3n) is 2.93. The molecule has 1 unspecified atom stereocenters. The van der Waals surface area contributed by atoms with Crippen LogP contribution in [0.4, 0.5) is 11.4 Å². The molecule has 3 N–H and O–H groups in total. The van der Waals surface area contributed by atoms with Crippen LogP contribution in [-0.2, 0) is 4.79 Å². The summed E-state index contributed by atoms with van der Waals surface area (Å²) in [6.07, 6.45) is 0.611. The van der Waals surface area contributed by atoms with Crippen molar-refractivity contribution in [1.82, 2.24) is 0 Å². The Morgan fingerprint density at radius 1 is 1.48 bits per heavy atom. The van der Waals surface area contributed by atoms with Gasteiger partial charge in [-0.15, -0.1) is 0 Å². The number of carbonyl (C=O) groups is 1. The number of amides is 1. The number of nitrogens with zero attached hydrogens (tertiary/aromatic N) is 1. The fourth-order valence-corrected chi connectivity index (χ4v) is 2.37. The lowest BCUT2D eigenvalue weighted by Crippen LogP contribution is -2.32. The lowest BCUT2D eigenvalue weighted by Gasteiger charge is -2.24. The molecule has 0 aliphatic rings. The first-order valence-corrected chi connectivity index (χ1v) is 7.38. The Bertz CT molecular complexity index is 541. The molecule has 7 heteroatoms. The summed E-state index contributed by atoms with van der Waals surface area (Å²) in [6.45, 7) is 6.26. The molecule has 0 saturated heterocycles. The van der Waals surface area contributed by atoms with E-state index in [1.165, 1.54) is 12.1 Å². The Morgan fingerprint density at radius 3 is 2.57 bits per heavy atom. The van der Waals surface area contributed by atoms with E-state index in [0.717, 1.165) is 0 Å². The van der Waals surface area contributed by atoms with E-state index in [0.29, 0.717) is 10.9 Å². The predicted octanol–water partition coefficient (Wildman–Crippen LogP) is 3.31. The highest BCUT2D eigenvalue weighted by Gasteiger charge is 2.25. The van der Waals surface area contributed by atoms with Crippen LogP contribution in [0, 0.1) is 21.4 Å². The number of anilines is 1. The highest BCUT2D eigenvalue weighted by Crippen LogP contribution is 2.30. The minimum atomic E-state index is -0.526. The molecule has 0 aromatic heterocycles. The van der Waals surface area contributed by atoms with Crippen LogP contribution in [0.3, 0.4) is 0 Å². The quantitative estimate of drug-likeness (QED) is 0.623. The fraction of sp³-hybridized carbons (Fsp3) is 0.500. The van der Waals surface area contributed by atoms with Crippen LogP contribution in [0.1, 0.15) is 27.2 Å². The summed E-state index contributed by atoms with van der Waals surface area (Å²) in [6, 6.07) is 4.51. The molecular formula is C14H20BrN3O3. The van der Waals surface area contributed by atoms with Gasteiger partial charge in [0.05, 0.1) is 10.8 Å². The van der Waals surface area contributed by atoms with Crippen molar-refractivity contribution in [2.24, 2.45) is 17.1 Å². The molecule has 1 rings (SSSR count). The molecule has 0 radical (unpaired) electrons. The summed E-state index contributed by atoms with van der Waals surface area (Å²) in [7, 11) is 0. The summed E-state index contributed by atoms with van der Waals surface area (Å²) in [5.41, 5.74) is 5.64. The Labute approximate surface area is 132 Å². The zero-order chi connectivity index (χ0) is 16.2. The number of hydrogen-bond donors (Lipinski definition) is 2. The number of nitrogens with one attached hydrogen (secondary N) is 1. The van der Waals surface area contributed by atoms with Crippen molar-refractivity contribution in [2.45, 2.75) is 27.2 Å². The van der Waals surface area contributed by atoms with Crippen LogP contribution in [0.2, 0.25) is 0 Å². The van der Waals surface area contributed by atoms with Crippen molar-refractivity contribution in [1.29, 1.82) is 0 Å². The topological polar surface area (TPSA) is 98.3 Å². The highest BCUT2D eigenvalue weighted by atomic mass is 79.9. The zero-order valence-electron chi connectivity index (χ0n) is 12.4.